The Morgan fingerprint density at radius 3 is 2.16 bits per heavy atom. The summed E-state index contributed by atoms with van der Waals surface area (Å²) in [4.78, 5) is 0. The van der Waals surface area contributed by atoms with Crippen LogP contribution < -0.4 is 9.13 Å². The summed E-state index contributed by atoms with van der Waals surface area (Å²) in [5.41, 5.74) is 7.37. The second-order valence-corrected chi connectivity index (χ2v) is 10.2. The number of para-hydroxylation sites is 3. The van der Waals surface area contributed by atoms with Crippen LogP contribution in [0.15, 0.2) is 118 Å². The third-order valence-corrected chi connectivity index (χ3v) is 7.53. The number of hydrogen-bond donors (Lipinski definition) is 0. The van der Waals surface area contributed by atoms with Crippen LogP contribution in [0.2, 0.25) is 0 Å². The van der Waals surface area contributed by atoms with Crippen molar-refractivity contribution in [1.82, 2.24) is 9.13 Å². The molecule has 0 aliphatic carbocycles. The van der Waals surface area contributed by atoms with E-state index in [-0.39, 0.29) is 20.1 Å². The molecule has 211 valence electrons. The van der Waals surface area contributed by atoms with Crippen molar-refractivity contribution in [3.05, 3.63) is 134 Å². The van der Waals surface area contributed by atoms with Crippen LogP contribution in [0.5, 0.6) is 0 Å². The standard InChI is InChI=1S/C26H15N2O2.C10H9N2.Ir/c1-27-15-28(20-10-6-9-18-16-7-2-5-12-24(16)30-26(18)20)22-13-19-17-8-3-4-11-23(17)29-25(19)14-21(22)27;1-11-7-8-12(9-11)10-5-3-2-4-6-10;/h2-9,11-14H,1H3;2-5,7-8H,1H3;/q2*-1;. The predicted octanol–water partition coefficient (Wildman–Crippen LogP) is 6.75. The number of hydrogen-bond acceptors (Lipinski definition) is 2. The molecule has 0 saturated heterocycles. The minimum atomic E-state index is 0. The van der Waals surface area contributed by atoms with Gasteiger partial charge in [-0.15, -0.1) is 0 Å². The van der Waals surface area contributed by atoms with Gasteiger partial charge in [-0.1, -0.05) is 53.5 Å². The van der Waals surface area contributed by atoms with Crippen molar-refractivity contribution in [2.45, 2.75) is 0 Å². The molecule has 0 N–H and O–H groups in total. The zero-order chi connectivity index (χ0) is 28.2. The van der Waals surface area contributed by atoms with Gasteiger partial charge in [0.1, 0.15) is 16.7 Å². The zero-order valence-electron chi connectivity index (χ0n) is 23.3. The van der Waals surface area contributed by atoms with Crippen LogP contribution in [0, 0.1) is 24.8 Å². The summed E-state index contributed by atoms with van der Waals surface area (Å²) >= 11 is 0. The Morgan fingerprint density at radius 2 is 1.42 bits per heavy atom. The van der Waals surface area contributed by atoms with E-state index < -0.39 is 0 Å². The van der Waals surface area contributed by atoms with Gasteiger partial charge in [0, 0.05) is 54.2 Å². The maximum Gasteiger partial charge on any atom is 0.242 e. The van der Waals surface area contributed by atoms with Crippen molar-refractivity contribution in [3.63, 3.8) is 0 Å². The molecule has 6 nitrogen and oxygen atoms in total. The van der Waals surface area contributed by atoms with E-state index in [0.29, 0.717) is 0 Å². The van der Waals surface area contributed by atoms with Gasteiger partial charge in [-0.25, -0.2) is 0 Å². The summed E-state index contributed by atoms with van der Waals surface area (Å²) in [6.45, 7) is 0. The maximum atomic E-state index is 6.24. The van der Waals surface area contributed by atoms with Crippen LogP contribution in [0.4, 0.5) is 0 Å². The van der Waals surface area contributed by atoms with Crippen molar-refractivity contribution >= 4 is 54.9 Å². The molecule has 9 rings (SSSR count). The van der Waals surface area contributed by atoms with E-state index in [1.807, 2.05) is 111 Å². The van der Waals surface area contributed by atoms with Crippen LogP contribution >= 0.6 is 0 Å². The van der Waals surface area contributed by atoms with Crippen LogP contribution in [0.3, 0.4) is 0 Å². The smallest absolute Gasteiger partial charge is 0.242 e. The summed E-state index contributed by atoms with van der Waals surface area (Å²) < 4.78 is 20.1. The van der Waals surface area contributed by atoms with Gasteiger partial charge in [-0.2, -0.15) is 48.5 Å². The first-order chi connectivity index (χ1) is 20.6. The molecular weight excluding hydrogens is 713 g/mol. The van der Waals surface area contributed by atoms with E-state index in [1.165, 1.54) is 0 Å². The average Bonchev–Trinajstić information content (AvgIpc) is 3.80. The van der Waals surface area contributed by atoms with Gasteiger partial charge >= 0.3 is 0 Å². The van der Waals surface area contributed by atoms with Crippen LogP contribution in [0.25, 0.3) is 66.3 Å². The van der Waals surface area contributed by atoms with Gasteiger partial charge in [0.15, 0.2) is 0 Å². The molecule has 0 atom stereocenters. The number of furan rings is 2. The van der Waals surface area contributed by atoms with Gasteiger partial charge in [0.05, 0.1) is 25.1 Å². The fourth-order valence-electron chi connectivity index (χ4n) is 5.54. The molecule has 0 unspecified atom stereocenters. The first-order valence-corrected chi connectivity index (χ1v) is 13.6. The van der Waals surface area contributed by atoms with E-state index in [2.05, 4.69) is 55.1 Å². The molecule has 0 bridgehead atoms. The molecule has 0 amide bonds. The molecule has 9 aromatic rings. The van der Waals surface area contributed by atoms with Gasteiger partial charge in [0.2, 0.25) is 12.7 Å². The Balaban J connectivity index is 0.000000195. The van der Waals surface area contributed by atoms with Crippen LogP contribution in [-0.4, -0.2) is 9.13 Å². The van der Waals surface area contributed by atoms with E-state index in [1.54, 1.807) is 0 Å². The molecule has 0 aliphatic heterocycles. The first-order valence-electron chi connectivity index (χ1n) is 13.6. The molecule has 4 aromatic heterocycles. The number of aromatic nitrogens is 4. The van der Waals surface area contributed by atoms with Crippen molar-refractivity contribution < 1.29 is 38.1 Å². The SMILES string of the molecule is C[n+]1[c-]n(-c2[c-]ccc3c2oc2ccccc23)c2cc3c(cc21)oc1ccccc13.C[n+]1[c-]n(-c2[c-]cccc2)cc1.[Ir]. The summed E-state index contributed by atoms with van der Waals surface area (Å²) in [7, 11) is 3.94. The number of nitrogens with zero attached hydrogens (tertiary/aromatic N) is 4. The third kappa shape index (κ3) is 4.54. The normalized spacial score (nSPS) is 11.3. The number of imidazole rings is 2. The Labute approximate surface area is 261 Å². The number of aryl methyl sites for hydroxylation is 2. The second kappa shape index (κ2) is 10.7. The first kappa shape index (κ1) is 26.9. The molecule has 4 heterocycles. The molecule has 1 radical (unpaired) electrons. The van der Waals surface area contributed by atoms with E-state index >= 15 is 0 Å². The van der Waals surface area contributed by atoms with Gasteiger partial charge in [0.25, 0.3) is 0 Å². The number of benzene rings is 5. The molecule has 7 heteroatoms. The predicted molar refractivity (Wildman–Crippen MR) is 161 cm³/mol. The summed E-state index contributed by atoms with van der Waals surface area (Å²) in [5, 5.41) is 4.37. The van der Waals surface area contributed by atoms with Crippen molar-refractivity contribution in [3.8, 4) is 11.4 Å². The Bertz CT molecular complexity index is 2400. The van der Waals surface area contributed by atoms with E-state index in [0.717, 1.165) is 66.3 Å². The largest absolute Gasteiger partial charge is 0.521 e. The van der Waals surface area contributed by atoms with Gasteiger partial charge < -0.3 is 27.1 Å². The molecule has 0 aliphatic rings. The summed E-state index contributed by atoms with van der Waals surface area (Å²) in [6, 6.07) is 38.8. The number of fused-ring (bicyclic) bond motifs is 7. The Morgan fingerprint density at radius 1 is 0.674 bits per heavy atom. The molecule has 0 fully saturated rings. The quantitative estimate of drug-likeness (QED) is 0.146. The van der Waals surface area contributed by atoms with Crippen LogP contribution in [-0.2, 0) is 34.2 Å². The van der Waals surface area contributed by atoms with E-state index in [4.69, 9.17) is 8.83 Å². The molecule has 5 aromatic carbocycles. The topological polar surface area (TPSA) is 43.9 Å². The molecule has 0 saturated carbocycles. The fraction of sp³-hybridized carbons (Fsp3) is 0.0556. The monoisotopic (exact) mass is 737 g/mol. The molecule has 0 spiro atoms. The molecule has 43 heavy (non-hydrogen) atoms. The van der Waals surface area contributed by atoms with Gasteiger partial charge in [-0.05, 0) is 23.9 Å². The van der Waals surface area contributed by atoms with Crippen LogP contribution in [0.1, 0.15) is 0 Å². The summed E-state index contributed by atoms with van der Waals surface area (Å²) in [6.07, 6.45) is 10.4. The molecular formula is C36H24IrN4O2-2. The third-order valence-electron chi connectivity index (χ3n) is 7.53. The van der Waals surface area contributed by atoms with E-state index in [9.17, 15) is 0 Å². The Hall–Kier alpha value is -4.97. The Kier molecular flexibility index (Phi) is 6.69. The second-order valence-electron chi connectivity index (χ2n) is 10.2. The zero-order valence-corrected chi connectivity index (χ0v) is 25.7. The van der Waals surface area contributed by atoms with Crippen molar-refractivity contribution in [2.75, 3.05) is 0 Å². The van der Waals surface area contributed by atoms with Crippen molar-refractivity contribution in [2.24, 2.45) is 14.1 Å². The van der Waals surface area contributed by atoms with Crippen molar-refractivity contribution in [1.29, 1.82) is 0 Å². The fourth-order valence-corrected chi connectivity index (χ4v) is 5.54. The summed E-state index contributed by atoms with van der Waals surface area (Å²) in [5.74, 6) is 0. The minimum Gasteiger partial charge on any atom is -0.521 e. The minimum absolute atomic E-state index is 0. The maximum absolute atomic E-state index is 6.24. The van der Waals surface area contributed by atoms with Gasteiger partial charge in [-0.3, -0.25) is 0 Å². The number of rotatable bonds is 2. The average molecular weight is 737 g/mol.